The van der Waals surface area contributed by atoms with Gasteiger partial charge in [-0.3, -0.25) is 0 Å². The first kappa shape index (κ1) is 14.3. The molecule has 0 aliphatic rings. The van der Waals surface area contributed by atoms with Crippen LogP contribution in [0.1, 0.15) is 17.2 Å². The van der Waals surface area contributed by atoms with Gasteiger partial charge in [0.05, 0.1) is 28.4 Å². The minimum absolute atomic E-state index is 0.188. The fraction of sp³-hybridized carbons (Fsp3) is 0.133. The zero-order valence-corrected chi connectivity index (χ0v) is 11.4. The summed E-state index contributed by atoms with van der Waals surface area (Å²) in [4.78, 5) is 0.188. The third kappa shape index (κ3) is 3.23. The van der Waals surface area contributed by atoms with E-state index in [1.54, 1.807) is 42.5 Å². The van der Waals surface area contributed by atoms with Crippen molar-refractivity contribution < 1.29 is 13.5 Å². The largest absolute Gasteiger partial charge is 0.387 e. The van der Waals surface area contributed by atoms with Crippen LogP contribution in [0.4, 0.5) is 0 Å². The fourth-order valence-electron chi connectivity index (χ4n) is 1.81. The molecular weight excluding hydrogens is 274 g/mol. The number of sulfone groups is 1. The Morgan fingerprint density at radius 2 is 1.65 bits per heavy atom. The van der Waals surface area contributed by atoms with Crippen molar-refractivity contribution in [2.45, 2.75) is 11.0 Å². The topological polar surface area (TPSA) is 78.2 Å². The Morgan fingerprint density at radius 3 is 2.20 bits per heavy atom. The van der Waals surface area contributed by atoms with Crippen LogP contribution in [-0.4, -0.2) is 19.3 Å². The van der Waals surface area contributed by atoms with Crippen LogP contribution < -0.4 is 0 Å². The van der Waals surface area contributed by atoms with Crippen LogP contribution in [0.15, 0.2) is 59.5 Å². The summed E-state index contributed by atoms with van der Waals surface area (Å²) >= 11 is 0. The second kappa shape index (κ2) is 5.87. The van der Waals surface area contributed by atoms with Gasteiger partial charge >= 0.3 is 0 Å². The van der Waals surface area contributed by atoms with Crippen molar-refractivity contribution in [3.05, 3.63) is 65.7 Å². The molecule has 0 aliphatic carbocycles. The van der Waals surface area contributed by atoms with Crippen molar-refractivity contribution >= 4 is 9.84 Å². The molecule has 0 unspecified atom stereocenters. The van der Waals surface area contributed by atoms with Gasteiger partial charge in [0.2, 0.25) is 0 Å². The molecule has 0 radical (unpaired) electrons. The monoisotopic (exact) mass is 287 g/mol. The van der Waals surface area contributed by atoms with Crippen molar-refractivity contribution in [3.63, 3.8) is 0 Å². The van der Waals surface area contributed by atoms with E-state index in [1.807, 2.05) is 6.07 Å². The minimum Gasteiger partial charge on any atom is -0.387 e. The maximum absolute atomic E-state index is 12.1. The van der Waals surface area contributed by atoms with Gasteiger partial charge in [0, 0.05) is 0 Å². The number of rotatable bonds is 4. The van der Waals surface area contributed by atoms with Gasteiger partial charge in [0.15, 0.2) is 9.84 Å². The molecule has 0 heterocycles. The molecule has 0 fully saturated rings. The summed E-state index contributed by atoms with van der Waals surface area (Å²) in [6, 6.07) is 16.2. The molecule has 0 bridgehead atoms. The molecule has 1 atom stereocenters. The van der Waals surface area contributed by atoms with E-state index in [0.717, 1.165) is 0 Å². The molecule has 0 spiro atoms. The van der Waals surface area contributed by atoms with Gasteiger partial charge in [-0.15, -0.1) is 0 Å². The third-order valence-corrected chi connectivity index (χ3v) is 4.65. The first-order valence-electron chi connectivity index (χ1n) is 5.99. The first-order valence-corrected chi connectivity index (χ1v) is 7.64. The third-order valence-electron chi connectivity index (χ3n) is 2.90. The van der Waals surface area contributed by atoms with E-state index in [9.17, 15) is 13.5 Å². The van der Waals surface area contributed by atoms with Crippen LogP contribution in [0.5, 0.6) is 0 Å². The summed E-state index contributed by atoms with van der Waals surface area (Å²) in [5.74, 6) is -0.386. The highest BCUT2D eigenvalue weighted by Crippen LogP contribution is 2.20. The summed E-state index contributed by atoms with van der Waals surface area (Å²) in [5, 5.41) is 18.7. The Bertz CT molecular complexity index is 716. The molecule has 2 rings (SSSR count). The Morgan fingerprint density at radius 1 is 1.05 bits per heavy atom. The molecule has 102 valence electrons. The highest BCUT2D eigenvalue weighted by atomic mass is 32.2. The summed E-state index contributed by atoms with van der Waals surface area (Å²) in [7, 11) is -3.54. The van der Waals surface area contributed by atoms with Gasteiger partial charge in [-0.1, -0.05) is 30.3 Å². The maximum atomic E-state index is 12.1. The smallest absolute Gasteiger partial charge is 0.181 e. The van der Waals surface area contributed by atoms with E-state index in [4.69, 9.17) is 5.26 Å². The van der Waals surface area contributed by atoms with Gasteiger partial charge < -0.3 is 5.11 Å². The quantitative estimate of drug-likeness (QED) is 0.933. The minimum atomic E-state index is -3.54. The second-order valence-corrected chi connectivity index (χ2v) is 6.38. The normalized spacial score (nSPS) is 12.6. The standard InChI is InChI=1S/C15H13NO3S/c16-10-12-6-8-13(9-7-12)15(17)11-20(18,19)14-4-2-1-3-5-14/h1-9,15,17H,11H2/t15-/m1/s1. The number of nitrogens with zero attached hydrogens (tertiary/aromatic N) is 1. The van der Waals surface area contributed by atoms with Gasteiger partial charge in [-0.25, -0.2) is 8.42 Å². The van der Waals surface area contributed by atoms with Gasteiger partial charge in [-0.2, -0.15) is 5.26 Å². The number of hydrogen-bond acceptors (Lipinski definition) is 4. The lowest BCUT2D eigenvalue weighted by atomic mass is 10.1. The van der Waals surface area contributed by atoms with E-state index in [-0.39, 0.29) is 10.6 Å². The lowest BCUT2D eigenvalue weighted by Gasteiger charge is -2.11. The van der Waals surface area contributed by atoms with Crippen LogP contribution in [0.2, 0.25) is 0 Å². The van der Waals surface area contributed by atoms with Gasteiger partial charge in [-0.05, 0) is 29.8 Å². The van der Waals surface area contributed by atoms with E-state index < -0.39 is 15.9 Å². The lowest BCUT2D eigenvalue weighted by molar-refractivity contribution is 0.201. The number of nitriles is 1. The lowest BCUT2D eigenvalue weighted by Crippen LogP contribution is -2.14. The summed E-state index contributed by atoms with van der Waals surface area (Å²) in [5.41, 5.74) is 0.940. The number of benzene rings is 2. The number of hydrogen-bond donors (Lipinski definition) is 1. The van der Waals surface area contributed by atoms with Crippen LogP contribution in [0, 0.1) is 11.3 Å². The highest BCUT2D eigenvalue weighted by molar-refractivity contribution is 7.91. The highest BCUT2D eigenvalue weighted by Gasteiger charge is 2.20. The van der Waals surface area contributed by atoms with Gasteiger partial charge in [0.25, 0.3) is 0 Å². The molecule has 0 saturated carbocycles. The SMILES string of the molecule is N#Cc1ccc([C@H](O)CS(=O)(=O)c2ccccc2)cc1. The summed E-state index contributed by atoms with van der Waals surface area (Å²) in [6.07, 6.45) is -1.12. The van der Waals surface area contributed by atoms with E-state index in [1.165, 1.54) is 12.1 Å². The Kier molecular flexibility index (Phi) is 4.18. The van der Waals surface area contributed by atoms with E-state index >= 15 is 0 Å². The molecular formula is C15H13NO3S. The van der Waals surface area contributed by atoms with Crippen molar-refractivity contribution in [3.8, 4) is 6.07 Å². The number of aliphatic hydroxyl groups is 1. The molecule has 20 heavy (non-hydrogen) atoms. The zero-order valence-electron chi connectivity index (χ0n) is 10.6. The van der Waals surface area contributed by atoms with Crippen LogP contribution in [0.25, 0.3) is 0 Å². The van der Waals surface area contributed by atoms with Crippen molar-refractivity contribution in [1.29, 1.82) is 5.26 Å². The average Bonchev–Trinajstić information content (AvgIpc) is 2.48. The molecule has 2 aromatic carbocycles. The molecule has 0 saturated heterocycles. The van der Waals surface area contributed by atoms with Crippen molar-refractivity contribution in [2.75, 3.05) is 5.75 Å². The molecule has 5 heteroatoms. The molecule has 1 N–H and O–H groups in total. The summed E-state index contributed by atoms with van der Waals surface area (Å²) < 4.78 is 24.3. The second-order valence-electron chi connectivity index (χ2n) is 4.34. The van der Waals surface area contributed by atoms with Crippen LogP contribution in [-0.2, 0) is 9.84 Å². The molecule has 0 aromatic heterocycles. The molecule has 0 aliphatic heterocycles. The van der Waals surface area contributed by atoms with Crippen molar-refractivity contribution in [2.24, 2.45) is 0 Å². The maximum Gasteiger partial charge on any atom is 0.181 e. The molecule has 4 nitrogen and oxygen atoms in total. The zero-order chi connectivity index (χ0) is 14.6. The Balaban J connectivity index is 2.19. The van der Waals surface area contributed by atoms with Crippen LogP contribution in [0.3, 0.4) is 0 Å². The first-order chi connectivity index (χ1) is 9.53. The van der Waals surface area contributed by atoms with Crippen molar-refractivity contribution in [1.82, 2.24) is 0 Å². The average molecular weight is 287 g/mol. The predicted octanol–water partition coefficient (Wildman–Crippen LogP) is 2.07. The Labute approximate surface area is 117 Å². The number of aliphatic hydroxyl groups excluding tert-OH is 1. The fourth-order valence-corrected chi connectivity index (χ4v) is 3.18. The predicted molar refractivity (Wildman–Crippen MR) is 74.6 cm³/mol. The summed E-state index contributed by atoms with van der Waals surface area (Å²) in [6.45, 7) is 0. The van der Waals surface area contributed by atoms with E-state index in [0.29, 0.717) is 11.1 Å². The Hall–Kier alpha value is -2.16. The molecule has 2 aromatic rings. The van der Waals surface area contributed by atoms with Crippen LogP contribution >= 0.6 is 0 Å². The van der Waals surface area contributed by atoms with E-state index in [2.05, 4.69) is 0 Å². The molecule has 0 amide bonds. The van der Waals surface area contributed by atoms with Gasteiger partial charge in [0.1, 0.15) is 0 Å².